The Balaban J connectivity index is 0.00000144. The SMILES string of the molecule is C(C=Cc1ccccc1)=Cc1ccccc1.[Ti+2]. The van der Waals surface area contributed by atoms with Gasteiger partial charge in [-0.2, -0.15) is 0 Å². The van der Waals surface area contributed by atoms with Crippen molar-refractivity contribution in [1.82, 2.24) is 0 Å². The maximum Gasteiger partial charge on any atom is 2.00 e. The molecule has 0 fully saturated rings. The average molecular weight is 254 g/mol. The van der Waals surface area contributed by atoms with Crippen LogP contribution < -0.4 is 0 Å². The first kappa shape index (κ1) is 13.7. The van der Waals surface area contributed by atoms with E-state index in [-0.39, 0.29) is 21.7 Å². The molecule has 1 heteroatoms. The summed E-state index contributed by atoms with van der Waals surface area (Å²) in [6, 6.07) is 20.6. The van der Waals surface area contributed by atoms with E-state index in [2.05, 4.69) is 48.6 Å². The van der Waals surface area contributed by atoms with Gasteiger partial charge in [0.25, 0.3) is 0 Å². The van der Waals surface area contributed by atoms with Gasteiger partial charge in [0, 0.05) is 0 Å². The van der Waals surface area contributed by atoms with E-state index in [4.69, 9.17) is 0 Å². The Labute approximate surface area is 118 Å². The molecule has 0 atom stereocenters. The molecule has 0 N–H and O–H groups in total. The minimum Gasteiger partial charge on any atom is -0.0622 e. The minimum absolute atomic E-state index is 0. The number of hydrogen-bond donors (Lipinski definition) is 0. The fraction of sp³-hybridized carbons (Fsp3) is 0. The van der Waals surface area contributed by atoms with E-state index in [1.807, 2.05) is 36.4 Å². The van der Waals surface area contributed by atoms with Crippen molar-refractivity contribution in [3.05, 3.63) is 83.9 Å². The maximum atomic E-state index is 2.10. The smallest absolute Gasteiger partial charge is 0.0622 e. The normalized spacial score (nSPS) is 10.6. The molecule has 0 saturated carbocycles. The molecule has 2 aromatic rings. The molecule has 0 bridgehead atoms. The van der Waals surface area contributed by atoms with Crippen molar-refractivity contribution in [3.63, 3.8) is 0 Å². The third-order valence-electron chi connectivity index (χ3n) is 2.29. The predicted molar refractivity (Wildman–Crippen MR) is 71.0 cm³/mol. The summed E-state index contributed by atoms with van der Waals surface area (Å²) in [4.78, 5) is 0. The van der Waals surface area contributed by atoms with Crippen LogP contribution in [-0.2, 0) is 21.7 Å². The molecule has 2 rings (SSSR count). The quantitative estimate of drug-likeness (QED) is 0.562. The number of benzene rings is 2. The van der Waals surface area contributed by atoms with E-state index < -0.39 is 0 Å². The van der Waals surface area contributed by atoms with Crippen LogP contribution in [0.1, 0.15) is 11.1 Å². The van der Waals surface area contributed by atoms with Gasteiger partial charge in [0.2, 0.25) is 0 Å². The first-order valence-corrected chi connectivity index (χ1v) is 5.40. The molecule has 0 aliphatic carbocycles. The van der Waals surface area contributed by atoms with Crippen molar-refractivity contribution in [3.8, 4) is 0 Å². The van der Waals surface area contributed by atoms with Gasteiger partial charge in [-0.25, -0.2) is 0 Å². The second-order valence-corrected chi connectivity index (χ2v) is 3.54. The summed E-state index contributed by atoms with van der Waals surface area (Å²) in [6.45, 7) is 0. The fourth-order valence-corrected chi connectivity index (χ4v) is 1.46. The van der Waals surface area contributed by atoms with E-state index in [0.29, 0.717) is 0 Å². The van der Waals surface area contributed by atoms with Crippen LogP contribution in [0.5, 0.6) is 0 Å². The number of allylic oxidation sites excluding steroid dienone is 2. The van der Waals surface area contributed by atoms with Crippen LogP contribution in [0.15, 0.2) is 72.8 Å². The van der Waals surface area contributed by atoms with Crippen molar-refractivity contribution in [2.45, 2.75) is 0 Å². The summed E-state index contributed by atoms with van der Waals surface area (Å²) in [5.74, 6) is 0. The molecule has 80 valence electrons. The number of hydrogen-bond acceptors (Lipinski definition) is 0. The van der Waals surface area contributed by atoms with Crippen molar-refractivity contribution in [2.75, 3.05) is 0 Å². The zero-order chi connectivity index (χ0) is 11.1. The molecule has 0 aromatic heterocycles. The van der Waals surface area contributed by atoms with Gasteiger partial charge in [0.15, 0.2) is 0 Å². The van der Waals surface area contributed by atoms with Crippen molar-refractivity contribution in [1.29, 1.82) is 0 Å². The van der Waals surface area contributed by atoms with Gasteiger partial charge in [0.05, 0.1) is 0 Å². The van der Waals surface area contributed by atoms with E-state index >= 15 is 0 Å². The summed E-state index contributed by atoms with van der Waals surface area (Å²) in [6.07, 6.45) is 8.31. The van der Waals surface area contributed by atoms with Gasteiger partial charge in [0.1, 0.15) is 0 Å². The van der Waals surface area contributed by atoms with Crippen molar-refractivity contribution < 1.29 is 21.7 Å². The summed E-state index contributed by atoms with van der Waals surface area (Å²) < 4.78 is 0. The molecule has 2 aromatic carbocycles. The monoisotopic (exact) mass is 254 g/mol. The Morgan fingerprint density at radius 1 is 0.529 bits per heavy atom. The molecule has 0 spiro atoms. The third kappa shape index (κ3) is 4.99. The van der Waals surface area contributed by atoms with Crippen molar-refractivity contribution >= 4 is 12.2 Å². The third-order valence-corrected chi connectivity index (χ3v) is 2.29. The Bertz CT molecular complexity index is 422. The Morgan fingerprint density at radius 3 is 1.24 bits per heavy atom. The molecule has 0 nitrogen and oxygen atoms in total. The summed E-state index contributed by atoms with van der Waals surface area (Å²) >= 11 is 0. The summed E-state index contributed by atoms with van der Waals surface area (Å²) in [5.41, 5.74) is 2.44. The van der Waals surface area contributed by atoms with Crippen molar-refractivity contribution in [2.24, 2.45) is 0 Å². The molecule has 0 unspecified atom stereocenters. The molecule has 0 amide bonds. The van der Waals surface area contributed by atoms with Gasteiger partial charge >= 0.3 is 21.7 Å². The second-order valence-electron chi connectivity index (χ2n) is 3.54. The molecule has 0 saturated heterocycles. The fourth-order valence-electron chi connectivity index (χ4n) is 1.46. The van der Waals surface area contributed by atoms with E-state index in [1.54, 1.807) is 0 Å². The van der Waals surface area contributed by atoms with E-state index in [1.165, 1.54) is 11.1 Å². The topological polar surface area (TPSA) is 0 Å². The van der Waals surface area contributed by atoms with Gasteiger partial charge in [-0.15, -0.1) is 0 Å². The second kappa shape index (κ2) is 7.83. The average Bonchev–Trinajstić information content (AvgIpc) is 2.37. The van der Waals surface area contributed by atoms with Crippen LogP contribution in [-0.4, -0.2) is 0 Å². The summed E-state index contributed by atoms with van der Waals surface area (Å²) in [7, 11) is 0. The predicted octanol–water partition coefficient (Wildman–Crippen LogP) is 4.41. The molecule has 0 aliphatic rings. The number of rotatable bonds is 3. The largest absolute Gasteiger partial charge is 2.00 e. The molecular formula is C16H14Ti+2. The maximum absolute atomic E-state index is 2.10. The first-order valence-electron chi connectivity index (χ1n) is 5.40. The van der Waals surface area contributed by atoms with Crippen LogP contribution in [0.3, 0.4) is 0 Å². The van der Waals surface area contributed by atoms with Gasteiger partial charge in [-0.1, -0.05) is 85.0 Å². The zero-order valence-corrected chi connectivity index (χ0v) is 11.1. The molecular weight excluding hydrogens is 240 g/mol. The molecule has 0 heterocycles. The Morgan fingerprint density at radius 2 is 0.882 bits per heavy atom. The minimum atomic E-state index is 0. The van der Waals surface area contributed by atoms with Crippen LogP contribution in [0.4, 0.5) is 0 Å². The van der Waals surface area contributed by atoms with Crippen LogP contribution in [0.2, 0.25) is 0 Å². The van der Waals surface area contributed by atoms with Gasteiger partial charge in [-0.05, 0) is 11.1 Å². The van der Waals surface area contributed by atoms with Gasteiger partial charge < -0.3 is 0 Å². The molecule has 0 aliphatic heterocycles. The van der Waals surface area contributed by atoms with Crippen LogP contribution in [0, 0.1) is 0 Å². The Hall–Kier alpha value is -1.37. The van der Waals surface area contributed by atoms with Gasteiger partial charge in [-0.3, -0.25) is 0 Å². The van der Waals surface area contributed by atoms with E-state index in [0.717, 1.165) is 0 Å². The standard InChI is InChI=1S/C16H14.Ti/c1-3-9-15(10-4-1)13-7-8-14-16-11-5-2-6-12-16;/h1-14H;/q;+2. The van der Waals surface area contributed by atoms with Crippen LogP contribution >= 0.6 is 0 Å². The van der Waals surface area contributed by atoms with E-state index in [9.17, 15) is 0 Å². The van der Waals surface area contributed by atoms with Crippen LogP contribution in [0.25, 0.3) is 12.2 Å². The summed E-state index contributed by atoms with van der Waals surface area (Å²) in [5, 5.41) is 0. The molecule has 17 heavy (non-hydrogen) atoms. The first-order chi connectivity index (χ1) is 7.95. The molecule has 0 radical (unpaired) electrons. The zero-order valence-electron chi connectivity index (χ0n) is 9.58. The Kier molecular flexibility index (Phi) is 6.31.